The summed E-state index contributed by atoms with van der Waals surface area (Å²) in [5.74, 6) is 3.14. The van der Waals surface area contributed by atoms with Gasteiger partial charge in [-0.05, 0) is 23.6 Å². The lowest BCUT2D eigenvalue weighted by Gasteiger charge is -2.07. The van der Waals surface area contributed by atoms with Crippen molar-refractivity contribution in [1.29, 1.82) is 0 Å². The quantitative estimate of drug-likeness (QED) is 0.652. The normalized spacial score (nSPS) is 12.9. The predicted octanol–water partition coefficient (Wildman–Crippen LogP) is 2.82. The van der Waals surface area contributed by atoms with Gasteiger partial charge in [0.1, 0.15) is 11.8 Å². The Morgan fingerprint density at radius 1 is 1.33 bits per heavy atom. The van der Waals surface area contributed by atoms with Crippen LogP contribution in [0.15, 0.2) is 28.6 Å². The van der Waals surface area contributed by atoms with E-state index in [4.69, 9.17) is 4.74 Å². The molecule has 0 amide bonds. The van der Waals surface area contributed by atoms with Crippen LogP contribution in [0.2, 0.25) is 0 Å². The van der Waals surface area contributed by atoms with Crippen LogP contribution >= 0.6 is 23.1 Å². The fraction of sp³-hybridized carbons (Fsp3) is 0.438. The van der Waals surface area contributed by atoms with Gasteiger partial charge in [-0.25, -0.2) is 0 Å². The Balaban J connectivity index is 1.73. The van der Waals surface area contributed by atoms with E-state index >= 15 is 0 Å². The van der Waals surface area contributed by atoms with Gasteiger partial charge in [-0.3, -0.25) is 0 Å². The summed E-state index contributed by atoms with van der Waals surface area (Å²) in [6.45, 7) is 4.37. The van der Waals surface area contributed by atoms with Gasteiger partial charge in [0.05, 0.1) is 7.11 Å². The molecule has 0 bridgehead atoms. The number of methoxy groups -OCH3 is 1. The van der Waals surface area contributed by atoms with Crippen molar-refractivity contribution >= 4 is 28.1 Å². The van der Waals surface area contributed by atoms with Gasteiger partial charge in [-0.2, -0.15) is 4.52 Å². The first-order chi connectivity index (χ1) is 11.6. The van der Waals surface area contributed by atoms with Crippen LogP contribution in [-0.2, 0) is 5.75 Å². The first-order valence-electron chi connectivity index (χ1n) is 7.87. The number of fused-ring (bicyclic) bond motifs is 1. The Morgan fingerprint density at radius 2 is 2.17 bits per heavy atom. The van der Waals surface area contributed by atoms with Gasteiger partial charge in [0.25, 0.3) is 0 Å². The van der Waals surface area contributed by atoms with Crippen LogP contribution in [0.4, 0.5) is 0 Å². The topological polar surface area (TPSA) is 80.0 Å². The maximum absolute atomic E-state index is 5.26. The first kappa shape index (κ1) is 17.2. The SMILES string of the molecule is COc1cccc(CSc2nn3c([C@@H]([NH3+])CC(C)C)nnc3s2)c1. The molecule has 6 nitrogen and oxygen atoms in total. The molecule has 0 saturated carbocycles. The average Bonchev–Trinajstić information content (AvgIpc) is 3.12. The van der Waals surface area contributed by atoms with Gasteiger partial charge in [0, 0.05) is 12.2 Å². The number of hydrogen-bond donors (Lipinski definition) is 1. The summed E-state index contributed by atoms with van der Waals surface area (Å²) in [5, 5.41) is 13.2. The van der Waals surface area contributed by atoms with Crippen LogP contribution in [-0.4, -0.2) is 26.9 Å². The van der Waals surface area contributed by atoms with E-state index in [1.54, 1.807) is 30.2 Å². The second-order valence-electron chi connectivity index (χ2n) is 6.09. The second kappa shape index (κ2) is 7.50. The molecule has 0 saturated heterocycles. The maximum atomic E-state index is 5.26. The lowest BCUT2D eigenvalue weighted by atomic mass is 10.0. The molecule has 3 aromatic rings. The number of hydrogen-bond acceptors (Lipinski definition) is 6. The molecule has 0 aliphatic heterocycles. The highest BCUT2D eigenvalue weighted by Gasteiger charge is 2.21. The predicted molar refractivity (Wildman–Crippen MR) is 96.3 cm³/mol. The molecule has 128 valence electrons. The molecule has 0 unspecified atom stereocenters. The van der Waals surface area contributed by atoms with Gasteiger partial charge in [-0.15, -0.1) is 15.3 Å². The van der Waals surface area contributed by atoms with Crippen molar-refractivity contribution in [1.82, 2.24) is 19.8 Å². The Labute approximate surface area is 149 Å². The molecule has 1 atom stereocenters. The van der Waals surface area contributed by atoms with E-state index in [0.717, 1.165) is 33.0 Å². The maximum Gasteiger partial charge on any atom is 0.235 e. The zero-order valence-corrected chi connectivity index (χ0v) is 15.7. The summed E-state index contributed by atoms with van der Waals surface area (Å²) in [6.07, 6.45) is 0.977. The Bertz CT molecular complexity index is 814. The Hall–Kier alpha value is -1.64. The van der Waals surface area contributed by atoms with Gasteiger partial charge in [0.2, 0.25) is 10.8 Å². The van der Waals surface area contributed by atoms with Gasteiger partial charge < -0.3 is 10.5 Å². The number of rotatable bonds is 7. The third-order valence-corrected chi connectivity index (χ3v) is 5.72. The number of ether oxygens (including phenoxy) is 1. The molecule has 2 aromatic heterocycles. The molecule has 0 radical (unpaired) electrons. The standard InChI is InChI=1S/C16H21N5OS2/c1-10(2)7-13(17)14-18-19-15-21(14)20-16(24-15)23-9-11-5-4-6-12(8-11)22-3/h4-6,8,10,13H,7,9,17H2,1-3H3/p+1/t13-/m0/s1. The molecule has 0 aliphatic carbocycles. The smallest absolute Gasteiger partial charge is 0.235 e. The molecule has 3 rings (SSSR count). The van der Waals surface area contributed by atoms with E-state index in [-0.39, 0.29) is 6.04 Å². The fourth-order valence-electron chi connectivity index (χ4n) is 2.51. The molecule has 0 fully saturated rings. The van der Waals surface area contributed by atoms with Crippen molar-refractivity contribution in [3.05, 3.63) is 35.7 Å². The highest BCUT2D eigenvalue weighted by atomic mass is 32.2. The fourth-order valence-corrected chi connectivity index (χ4v) is 4.34. The van der Waals surface area contributed by atoms with E-state index in [0.29, 0.717) is 5.92 Å². The highest BCUT2D eigenvalue weighted by molar-refractivity contribution is 8.00. The van der Waals surface area contributed by atoms with Gasteiger partial charge in [-0.1, -0.05) is 49.1 Å². The van der Waals surface area contributed by atoms with E-state index < -0.39 is 0 Å². The lowest BCUT2D eigenvalue weighted by molar-refractivity contribution is -0.432. The number of aromatic nitrogens is 4. The van der Waals surface area contributed by atoms with Crippen LogP contribution in [0.3, 0.4) is 0 Å². The lowest BCUT2D eigenvalue weighted by Crippen LogP contribution is -2.54. The van der Waals surface area contributed by atoms with Crippen molar-refractivity contribution in [2.24, 2.45) is 5.92 Å². The highest BCUT2D eigenvalue weighted by Crippen LogP contribution is 2.29. The van der Waals surface area contributed by atoms with Crippen LogP contribution in [0.25, 0.3) is 4.96 Å². The van der Waals surface area contributed by atoms with E-state index in [2.05, 4.69) is 40.9 Å². The zero-order valence-electron chi connectivity index (χ0n) is 14.1. The molecule has 24 heavy (non-hydrogen) atoms. The number of nitrogens with zero attached hydrogens (tertiary/aromatic N) is 4. The van der Waals surface area contributed by atoms with Crippen LogP contribution in [0, 0.1) is 5.92 Å². The Kier molecular flexibility index (Phi) is 5.37. The largest absolute Gasteiger partial charge is 0.497 e. The van der Waals surface area contributed by atoms with E-state index in [1.165, 1.54) is 5.56 Å². The minimum atomic E-state index is 0.110. The molecular weight excluding hydrogens is 342 g/mol. The van der Waals surface area contributed by atoms with Crippen LogP contribution < -0.4 is 10.5 Å². The number of thioether (sulfide) groups is 1. The minimum Gasteiger partial charge on any atom is -0.497 e. The summed E-state index contributed by atoms with van der Waals surface area (Å²) in [4.78, 5) is 0.829. The first-order valence-corrected chi connectivity index (χ1v) is 9.68. The van der Waals surface area contributed by atoms with Crippen molar-refractivity contribution in [2.45, 2.75) is 36.4 Å². The number of benzene rings is 1. The summed E-state index contributed by atoms with van der Waals surface area (Å²) in [7, 11) is 1.68. The molecule has 0 aliphatic rings. The molecule has 3 N–H and O–H groups in total. The van der Waals surface area contributed by atoms with Crippen molar-refractivity contribution in [3.8, 4) is 5.75 Å². The third-order valence-electron chi connectivity index (χ3n) is 3.61. The van der Waals surface area contributed by atoms with E-state index in [1.807, 2.05) is 22.7 Å². The van der Waals surface area contributed by atoms with Crippen molar-refractivity contribution in [3.63, 3.8) is 0 Å². The monoisotopic (exact) mass is 364 g/mol. The average molecular weight is 365 g/mol. The summed E-state index contributed by atoms with van der Waals surface area (Å²) in [6, 6.07) is 8.21. The number of quaternary nitrogens is 1. The minimum absolute atomic E-state index is 0.110. The van der Waals surface area contributed by atoms with Gasteiger partial charge >= 0.3 is 0 Å². The molecular formula is C16H22N5OS2+. The molecule has 1 aromatic carbocycles. The Morgan fingerprint density at radius 3 is 2.92 bits per heavy atom. The summed E-state index contributed by atoms with van der Waals surface area (Å²) in [5.41, 5.74) is 5.42. The summed E-state index contributed by atoms with van der Waals surface area (Å²) >= 11 is 3.27. The van der Waals surface area contributed by atoms with E-state index in [9.17, 15) is 0 Å². The second-order valence-corrected chi connectivity index (χ2v) is 8.27. The molecule has 0 spiro atoms. The third kappa shape index (κ3) is 3.88. The van der Waals surface area contributed by atoms with Crippen LogP contribution in [0.5, 0.6) is 5.75 Å². The molecule has 8 heteroatoms. The van der Waals surface area contributed by atoms with Crippen LogP contribution in [0.1, 0.15) is 37.7 Å². The van der Waals surface area contributed by atoms with Crippen molar-refractivity contribution in [2.75, 3.05) is 7.11 Å². The molecule has 2 heterocycles. The summed E-state index contributed by atoms with van der Waals surface area (Å²) < 4.78 is 8.10. The van der Waals surface area contributed by atoms with Gasteiger partial charge in [0.15, 0.2) is 4.34 Å². The van der Waals surface area contributed by atoms with Crippen molar-refractivity contribution < 1.29 is 10.5 Å². The zero-order chi connectivity index (χ0) is 17.1.